The Morgan fingerprint density at radius 2 is 1.85 bits per heavy atom. The van der Waals surface area contributed by atoms with Crippen molar-refractivity contribution in [3.63, 3.8) is 0 Å². The zero-order valence-electron chi connectivity index (χ0n) is 19.3. The monoisotopic (exact) mass is 480 g/mol. The molecule has 2 aliphatic rings. The molecule has 1 saturated heterocycles. The molecule has 2 fully saturated rings. The lowest BCUT2D eigenvalue weighted by Crippen LogP contribution is -2.43. The lowest BCUT2D eigenvalue weighted by molar-refractivity contribution is -0.131. The maximum Gasteiger partial charge on any atom is 0.226 e. The first-order valence-electron chi connectivity index (χ1n) is 11.8. The molecule has 0 bridgehead atoms. The predicted molar refractivity (Wildman–Crippen MR) is 136 cm³/mol. The number of nitrogens with zero attached hydrogens (tertiary/aromatic N) is 1. The number of hydrogen-bond acceptors (Lipinski definition) is 1. The van der Waals surface area contributed by atoms with E-state index in [1.807, 2.05) is 29.9 Å². The fraction of sp³-hybridized carbons (Fsp3) is 0.393. The number of halogens is 2. The number of amides is 1. The molecular weight excluding hydrogens is 451 g/mol. The van der Waals surface area contributed by atoms with Gasteiger partial charge in [0.05, 0.1) is 5.41 Å². The molecule has 2 heterocycles. The number of benzene rings is 2. The van der Waals surface area contributed by atoms with Crippen molar-refractivity contribution in [2.24, 2.45) is 18.4 Å². The number of rotatable bonds is 4. The highest BCUT2D eigenvalue weighted by Gasteiger charge is 2.59. The van der Waals surface area contributed by atoms with E-state index in [-0.39, 0.29) is 35.1 Å². The van der Waals surface area contributed by atoms with Crippen molar-refractivity contribution in [3.05, 3.63) is 82.1 Å². The van der Waals surface area contributed by atoms with Gasteiger partial charge in [0.1, 0.15) is 0 Å². The van der Waals surface area contributed by atoms with Crippen LogP contribution in [0.1, 0.15) is 56.1 Å². The van der Waals surface area contributed by atoms with Crippen LogP contribution in [0.15, 0.2) is 60.9 Å². The van der Waals surface area contributed by atoms with Crippen molar-refractivity contribution in [2.75, 3.05) is 0 Å². The van der Waals surface area contributed by atoms with Crippen molar-refractivity contribution in [1.82, 2.24) is 9.88 Å². The van der Waals surface area contributed by atoms with Crippen LogP contribution in [-0.4, -0.2) is 16.5 Å². The minimum Gasteiger partial charge on any atom is -0.357 e. The van der Waals surface area contributed by atoms with E-state index >= 15 is 0 Å². The normalized spacial score (nSPS) is 29.1. The molecule has 3 nitrogen and oxygen atoms in total. The van der Waals surface area contributed by atoms with Gasteiger partial charge < -0.3 is 9.88 Å². The van der Waals surface area contributed by atoms with Crippen LogP contribution in [0.4, 0.5) is 0 Å². The zero-order chi connectivity index (χ0) is 23.3. The van der Waals surface area contributed by atoms with Gasteiger partial charge in [0.25, 0.3) is 0 Å². The molecule has 1 aliphatic heterocycles. The third-order valence-corrected chi connectivity index (χ3v) is 8.74. The molecule has 5 rings (SSSR count). The van der Waals surface area contributed by atoms with Crippen LogP contribution in [0.3, 0.4) is 0 Å². The summed E-state index contributed by atoms with van der Waals surface area (Å²) in [5, 5.41) is 4.81. The van der Waals surface area contributed by atoms with Gasteiger partial charge in [-0.25, -0.2) is 0 Å². The number of aryl methyl sites for hydroxylation is 1. The van der Waals surface area contributed by atoms with Gasteiger partial charge >= 0.3 is 0 Å². The molecule has 33 heavy (non-hydrogen) atoms. The average Bonchev–Trinajstić information content (AvgIpc) is 3.35. The van der Waals surface area contributed by atoms with Gasteiger partial charge in [-0.1, -0.05) is 54.4 Å². The average molecular weight is 481 g/mol. The van der Waals surface area contributed by atoms with Crippen molar-refractivity contribution in [1.29, 1.82) is 0 Å². The van der Waals surface area contributed by atoms with E-state index in [0.29, 0.717) is 0 Å². The maximum absolute atomic E-state index is 13.2. The smallest absolute Gasteiger partial charge is 0.226 e. The van der Waals surface area contributed by atoms with Crippen LogP contribution in [0.25, 0.3) is 11.1 Å². The van der Waals surface area contributed by atoms with Crippen LogP contribution in [0.5, 0.6) is 0 Å². The first-order valence-corrected chi connectivity index (χ1v) is 12.6. The Labute approximate surface area is 206 Å². The van der Waals surface area contributed by atoms with Crippen molar-refractivity contribution < 1.29 is 4.79 Å². The molecule has 0 radical (unpaired) electrons. The molecule has 0 spiro atoms. The molecule has 5 atom stereocenters. The summed E-state index contributed by atoms with van der Waals surface area (Å²) in [5.41, 5.74) is 4.37. The number of nitrogens with one attached hydrogen (secondary N) is 1. The second kappa shape index (κ2) is 8.52. The summed E-state index contributed by atoms with van der Waals surface area (Å²) >= 11 is 13.2. The summed E-state index contributed by atoms with van der Waals surface area (Å²) in [6.45, 7) is 4.32. The quantitative estimate of drug-likeness (QED) is 0.420. The van der Waals surface area contributed by atoms with Crippen LogP contribution >= 0.6 is 23.2 Å². The molecule has 5 heteroatoms. The number of fused-ring (bicyclic) bond motifs is 1. The Kier molecular flexibility index (Phi) is 5.83. The lowest BCUT2D eigenvalue weighted by atomic mass is 9.54. The number of carbonyl (C=O) groups is 1. The van der Waals surface area contributed by atoms with Gasteiger partial charge in [0.15, 0.2) is 0 Å². The summed E-state index contributed by atoms with van der Waals surface area (Å²) in [5.74, 6) is 0.846. The first-order chi connectivity index (χ1) is 15.8. The molecule has 1 amide bonds. The second-order valence-electron chi connectivity index (χ2n) is 9.82. The molecule has 0 unspecified atom stereocenters. The fourth-order valence-electron chi connectivity index (χ4n) is 6.58. The highest BCUT2D eigenvalue weighted by atomic mass is 35.5. The highest BCUT2D eigenvalue weighted by molar-refractivity contribution is 6.31. The van der Waals surface area contributed by atoms with E-state index in [1.165, 1.54) is 11.1 Å². The fourth-order valence-corrected chi connectivity index (χ4v) is 7.02. The van der Waals surface area contributed by atoms with Gasteiger partial charge in [0, 0.05) is 41.4 Å². The second-order valence-corrected chi connectivity index (χ2v) is 10.7. The third kappa shape index (κ3) is 3.70. The van der Waals surface area contributed by atoms with E-state index < -0.39 is 0 Å². The molecule has 172 valence electrons. The standard InChI is InChI=1S/C28H30Cl2N2O/c1-4-28-13-11-23(22-10-7-19(15-24(22)30)20-12-14-32(3)16-20)25(18-5-8-21(29)9-6-18)26(28)17(2)31-27(28)33/h5-10,12,14-17,23,25-26H,4,11,13H2,1-3H3,(H,31,33)/t17-,23+,25+,26+,28-/m1/s1. The van der Waals surface area contributed by atoms with Gasteiger partial charge in [0.2, 0.25) is 5.91 Å². The van der Waals surface area contributed by atoms with E-state index in [0.717, 1.165) is 40.4 Å². The predicted octanol–water partition coefficient (Wildman–Crippen LogP) is 7.19. The van der Waals surface area contributed by atoms with E-state index in [1.54, 1.807) is 0 Å². The van der Waals surface area contributed by atoms with Crippen molar-refractivity contribution >= 4 is 29.1 Å². The molecule has 2 aromatic carbocycles. The number of hydrogen-bond donors (Lipinski definition) is 1. The number of carbonyl (C=O) groups excluding carboxylic acids is 1. The van der Waals surface area contributed by atoms with Gasteiger partial charge in [-0.05, 0) is 84.5 Å². The van der Waals surface area contributed by atoms with E-state index in [4.69, 9.17) is 23.2 Å². The summed E-state index contributed by atoms with van der Waals surface area (Å²) in [6, 6.07) is 16.9. The van der Waals surface area contributed by atoms with Crippen LogP contribution < -0.4 is 5.32 Å². The van der Waals surface area contributed by atoms with Crippen LogP contribution in [-0.2, 0) is 11.8 Å². The highest BCUT2D eigenvalue weighted by Crippen LogP contribution is 2.60. The molecular formula is C28H30Cl2N2O. The largest absolute Gasteiger partial charge is 0.357 e. The van der Waals surface area contributed by atoms with Gasteiger partial charge in [-0.15, -0.1) is 0 Å². The number of aromatic nitrogens is 1. The SMILES string of the molecule is CC[C@@]12CC[C@@H](c3ccc(-c4ccn(C)c4)cc3Cl)[C@H](c3ccc(Cl)cc3)[C@@H]1[C@@H](C)NC2=O. The molecule has 1 aromatic heterocycles. The third-order valence-electron chi connectivity index (χ3n) is 8.16. The van der Waals surface area contributed by atoms with Crippen LogP contribution in [0, 0.1) is 11.3 Å². The Morgan fingerprint density at radius 3 is 2.48 bits per heavy atom. The Bertz CT molecular complexity index is 1180. The minimum absolute atomic E-state index is 0.114. The van der Waals surface area contributed by atoms with Gasteiger partial charge in [-0.2, -0.15) is 0 Å². The van der Waals surface area contributed by atoms with Crippen molar-refractivity contribution in [3.8, 4) is 11.1 Å². The topological polar surface area (TPSA) is 34.0 Å². The lowest BCUT2D eigenvalue weighted by Gasteiger charge is -2.47. The Balaban J connectivity index is 1.60. The molecule has 3 aromatic rings. The maximum atomic E-state index is 13.2. The Morgan fingerprint density at radius 1 is 1.09 bits per heavy atom. The Hall–Kier alpha value is -2.23. The molecule has 1 aliphatic carbocycles. The first kappa shape index (κ1) is 22.6. The van der Waals surface area contributed by atoms with Crippen molar-refractivity contribution in [2.45, 2.75) is 51.0 Å². The van der Waals surface area contributed by atoms with E-state index in [9.17, 15) is 4.79 Å². The van der Waals surface area contributed by atoms with E-state index in [2.05, 4.69) is 61.8 Å². The summed E-state index contributed by atoms with van der Waals surface area (Å²) in [6.07, 6.45) is 6.82. The van der Waals surface area contributed by atoms with Crippen LogP contribution in [0.2, 0.25) is 10.0 Å². The minimum atomic E-state index is -0.323. The summed E-state index contributed by atoms with van der Waals surface area (Å²) in [7, 11) is 2.02. The zero-order valence-corrected chi connectivity index (χ0v) is 20.8. The van der Waals surface area contributed by atoms with Gasteiger partial charge in [-0.3, -0.25) is 4.79 Å². The summed E-state index contributed by atoms with van der Waals surface area (Å²) < 4.78 is 2.05. The summed E-state index contributed by atoms with van der Waals surface area (Å²) in [4.78, 5) is 13.2. The molecule has 1 N–H and O–H groups in total. The molecule has 1 saturated carbocycles.